The SMILES string of the molecule is CNc1ccc([N+](=O)[O-])cc1CN1CCCCCC1. The summed E-state index contributed by atoms with van der Waals surface area (Å²) in [5, 5.41) is 14.0. The highest BCUT2D eigenvalue weighted by Crippen LogP contribution is 2.24. The van der Waals surface area contributed by atoms with E-state index in [1.165, 1.54) is 25.7 Å². The first-order valence-electron chi connectivity index (χ1n) is 6.88. The van der Waals surface area contributed by atoms with Crippen molar-refractivity contribution in [2.75, 3.05) is 25.5 Å². The van der Waals surface area contributed by atoms with E-state index in [4.69, 9.17) is 0 Å². The van der Waals surface area contributed by atoms with E-state index >= 15 is 0 Å². The van der Waals surface area contributed by atoms with Crippen molar-refractivity contribution in [1.29, 1.82) is 0 Å². The van der Waals surface area contributed by atoms with Gasteiger partial charge in [0.25, 0.3) is 5.69 Å². The van der Waals surface area contributed by atoms with Gasteiger partial charge in [0.05, 0.1) is 4.92 Å². The van der Waals surface area contributed by atoms with Gasteiger partial charge in [0, 0.05) is 31.4 Å². The van der Waals surface area contributed by atoms with Crippen LogP contribution in [0.4, 0.5) is 11.4 Å². The van der Waals surface area contributed by atoms with E-state index in [9.17, 15) is 10.1 Å². The fraction of sp³-hybridized carbons (Fsp3) is 0.571. The molecule has 1 aliphatic heterocycles. The first kappa shape index (κ1) is 13.8. The second kappa shape index (κ2) is 6.52. The Labute approximate surface area is 113 Å². The molecule has 1 heterocycles. The van der Waals surface area contributed by atoms with Gasteiger partial charge in [-0.25, -0.2) is 0 Å². The fourth-order valence-electron chi connectivity index (χ4n) is 2.60. The van der Waals surface area contributed by atoms with Crippen molar-refractivity contribution in [3.05, 3.63) is 33.9 Å². The molecule has 0 amide bonds. The normalized spacial score (nSPS) is 16.9. The minimum absolute atomic E-state index is 0.170. The van der Waals surface area contributed by atoms with E-state index in [2.05, 4.69) is 10.2 Å². The van der Waals surface area contributed by atoms with Crippen LogP contribution in [0.1, 0.15) is 31.2 Å². The van der Waals surface area contributed by atoms with Crippen LogP contribution in [0.3, 0.4) is 0 Å². The zero-order valence-corrected chi connectivity index (χ0v) is 11.4. The lowest BCUT2D eigenvalue weighted by Gasteiger charge is -2.21. The van der Waals surface area contributed by atoms with E-state index in [-0.39, 0.29) is 10.6 Å². The average molecular weight is 263 g/mol. The maximum Gasteiger partial charge on any atom is 0.269 e. The number of nitro benzene ring substituents is 1. The first-order valence-corrected chi connectivity index (χ1v) is 6.88. The Hall–Kier alpha value is -1.62. The second-order valence-electron chi connectivity index (χ2n) is 5.04. The van der Waals surface area contributed by atoms with Gasteiger partial charge in [0.2, 0.25) is 0 Å². The molecule has 0 aliphatic carbocycles. The number of non-ortho nitro benzene ring substituents is 1. The third kappa shape index (κ3) is 3.67. The minimum atomic E-state index is -0.328. The number of benzene rings is 1. The van der Waals surface area contributed by atoms with Crippen LogP contribution in [-0.4, -0.2) is 30.0 Å². The maximum atomic E-state index is 10.9. The summed E-state index contributed by atoms with van der Waals surface area (Å²) in [7, 11) is 1.85. The molecule has 0 bridgehead atoms. The van der Waals surface area contributed by atoms with Gasteiger partial charge in [-0.3, -0.25) is 15.0 Å². The van der Waals surface area contributed by atoms with Crippen LogP contribution in [0.5, 0.6) is 0 Å². The smallest absolute Gasteiger partial charge is 0.269 e. The van der Waals surface area contributed by atoms with Crippen molar-refractivity contribution in [1.82, 2.24) is 4.90 Å². The molecule has 2 rings (SSSR count). The number of hydrogen-bond acceptors (Lipinski definition) is 4. The Balaban J connectivity index is 2.16. The standard InChI is InChI=1S/C14H21N3O2/c1-15-14-7-6-13(17(18)19)10-12(14)11-16-8-4-2-3-5-9-16/h6-7,10,15H,2-5,8-9,11H2,1H3. The summed E-state index contributed by atoms with van der Waals surface area (Å²) < 4.78 is 0. The lowest BCUT2D eigenvalue weighted by molar-refractivity contribution is -0.384. The average Bonchev–Trinajstić information content (AvgIpc) is 2.67. The molecule has 5 heteroatoms. The minimum Gasteiger partial charge on any atom is -0.388 e. The Morgan fingerprint density at radius 1 is 1.26 bits per heavy atom. The monoisotopic (exact) mass is 263 g/mol. The molecule has 0 saturated carbocycles. The van der Waals surface area contributed by atoms with Crippen LogP contribution in [0.15, 0.2) is 18.2 Å². The molecule has 1 N–H and O–H groups in total. The summed E-state index contributed by atoms with van der Waals surface area (Å²) in [6.07, 6.45) is 5.04. The topological polar surface area (TPSA) is 58.4 Å². The maximum absolute atomic E-state index is 10.9. The molecule has 0 radical (unpaired) electrons. The summed E-state index contributed by atoms with van der Waals surface area (Å²) in [6, 6.07) is 5.04. The van der Waals surface area contributed by atoms with E-state index < -0.39 is 0 Å². The Morgan fingerprint density at radius 3 is 2.53 bits per heavy atom. The van der Waals surface area contributed by atoms with Crippen molar-refractivity contribution < 1.29 is 4.92 Å². The van der Waals surface area contributed by atoms with Crippen LogP contribution >= 0.6 is 0 Å². The summed E-state index contributed by atoms with van der Waals surface area (Å²) >= 11 is 0. The van der Waals surface area contributed by atoms with Gasteiger partial charge >= 0.3 is 0 Å². The van der Waals surface area contributed by atoms with Crippen LogP contribution < -0.4 is 5.32 Å². The van der Waals surface area contributed by atoms with Gasteiger partial charge in [-0.05, 0) is 37.6 Å². The van der Waals surface area contributed by atoms with Gasteiger partial charge in [0.15, 0.2) is 0 Å². The number of likely N-dealkylation sites (tertiary alicyclic amines) is 1. The summed E-state index contributed by atoms with van der Waals surface area (Å²) in [4.78, 5) is 12.9. The van der Waals surface area contributed by atoms with E-state index in [0.29, 0.717) is 0 Å². The second-order valence-corrected chi connectivity index (χ2v) is 5.04. The van der Waals surface area contributed by atoms with Crippen LogP contribution in [0.2, 0.25) is 0 Å². The lowest BCUT2D eigenvalue weighted by Crippen LogP contribution is -2.24. The van der Waals surface area contributed by atoms with Crippen molar-refractivity contribution in [2.24, 2.45) is 0 Å². The number of nitro groups is 1. The van der Waals surface area contributed by atoms with E-state index in [0.717, 1.165) is 30.9 Å². The van der Waals surface area contributed by atoms with Gasteiger partial charge in [-0.15, -0.1) is 0 Å². The number of nitrogens with one attached hydrogen (secondary N) is 1. The Kier molecular flexibility index (Phi) is 4.74. The molecular formula is C14H21N3O2. The third-order valence-electron chi connectivity index (χ3n) is 3.66. The molecule has 1 aromatic rings. The zero-order chi connectivity index (χ0) is 13.7. The number of rotatable bonds is 4. The zero-order valence-electron chi connectivity index (χ0n) is 11.4. The third-order valence-corrected chi connectivity index (χ3v) is 3.66. The molecule has 5 nitrogen and oxygen atoms in total. The molecular weight excluding hydrogens is 242 g/mol. The molecule has 104 valence electrons. The molecule has 1 saturated heterocycles. The highest BCUT2D eigenvalue weighted by Gasteiger charge is 2.14. The fourth-order valence-corrected chi connectivity index (χ4v) is 2.60. The van der Waals surface area contributed by atoms with Crippen molar-refractivity contribution >= 4 is 11.4 Å². The predicted molar refractivity (Wildman–Crippen MR) is 76.4 cm³/mol. The van der Waals surface area contributed by atoms with Gasteiger partial charge in [0.1, 0.15) is 0 Å². The molecule has 1 fully saturated rings. The van der Waals surface area contributed by atoms with Crippen LogP contribution in [-0.2, 0) is 6.54 Å². The van der Waals surface area contributed by atoms with E-state index in [1.807, 2.05) is 7.05 Å². The quantitative estimate of drug-likeness (QED) is 0.670. The van der Waals surface area contributed by atoms with E-state index in [1.54, 1.807) is 18.2 Å². The molecule has 0 atom stereocenters. The Morgan fingerprint density at radius 2 is 1.95 bits per heavy atom. The van der Waals surface area contributed by atoms with Gasteiger partial charge < -0.3 is 5.32 Å². The lowest BCUT2D eigenvalue weighted by atomic mass is 10.1. The number of anilines is 1. The first-order chi connectivity index (χ1) is 9.20. The number of nitrogens with zero attached hydrogens (tertiary/aromatic N) is 2. The molecule has 0 unspecified atom stereocenters. The highest BCUT2D eigenvalue weighted by molar-refractivity contribution is 5.55. The molecule has 0 spiro atoms. The summed E-state index contributed by atoms with van der Waals surface area (Å²) in [6.45, 7) is 2.97. The summed E-state index contributed by atoms with van der Waals surface area (Å²) in [5.41, 5.74) is 2.16. The van der Waals surface area contributed by atoms with Crippen molar-refractivity contribution in [3.63, 3.8) is 0 Å². The largest absolute Gasteiger partial charge is 0.388 e. The summed E-state index contributed by atoms with van der Waals surface area (Å²) in [5.74, 6) is 0. The van der Waals surface area contributed by atoms with Crippen LogP contribution in [0, 0.1) is 10.1 Å². The molecule has 19 heavy (non-hydrogen) atoms. The predicted octanol–water partition coefficient (Wildman–Crippen LogP) is 3.01. The number of hydrogen-bond donors (Lipinski definition) is 1. The van der Waals surface area contributed by atoms with Gasteiger partial charge in [-0.1, -0.05) is 12.8 Å². The molecule has 0 aromatic heterocycles. The van der Waals surface area contributed by atoms with Crippen molar-refractivity contribution in [3.8, 4) is 0 Å². The highest BCUT2D eigenvalue weighted by atomic mass is 16.6. The van der Waals surface area contributed by atoms with Gasteiger partial charge in [-0.2, -0.15) is 0 Å². The Bertz CT molecular complexity index is 440. The molecule has 1 aromatic carbocycles. The van der Waals surface area contributed by atoms with Crippen LogP contribution in [0.25, 0.3) is 0 Å². The molecule has 1 aliphatic rings. The van der Waals surface area contributed by atoms with Crippen molar-refractivity contribution in [2.45, 2.75) is 32.2 Å².